The number of carbonyl (C=O) groups excluding carboxylic acids is 1. The molecular weight excluding hydrogens is 384 g/mol. The van der Waals surface area contributed by atoms with Crippen molar-refractivity contribution in [1.29, 1.82) is 0 Å². The van der Waals surface area contributed by atoms with Crippen molar-refractivity contribution in [2.45, 2.75) is 24.0 Å². The summed E-state index contributed by atoms with van der Waals surface area (Å²) in [4.78, 5) is 19.1. The molecule has 0 spiro atoms. The van der Waals surface area contributed by atoms with Gasteiger partial charge in [-0.1, -0.05) is 54.2 Å². The smallest absolute Gasteiger partial charge is 0.254 e. The topological polar surface area (TPSA) is 75.0 Å². The van der Waals surface area contributed by atoms with Gasteiger partial charge in [0.25, 0.3) is 5.91 Å². The minimum atomic E-state index is -0.0281. The van der Waals surface area contributed by atoms with Crippen LogP contribution in [0.15, 0.2) is 88.9 Å². The van der Waals surface area contributed by atoms with E-state index < -0.39 is 0 Å². The fraction of sp³-hybridized carbons (Fsp3) is 0.136. The summed E-state index contributed by atoms with van der Waals surface area (Å²) in [5.41, 5.74) is 2.84. The first kappa shape index (κ1) is 19.0. The van der Waals surface area contributed by atoms with Crippen LogP contribution in [0.1, 0.15) is 27.2 Å². The van der Waals surface area contributed by atoms with E-state index in [1.54, 1.807) is 22.9 Å². The minimum absolute atomic E-state index is 0.0281. The first-order valence-electron chi connectivity index (χ1n) is 9.20. The molecule has 0 atom stereocenters. The van der Waals surface area contributed by atoms with Crippen LogP contribution in [0.4, 0.5) is 0 Å². The Hall–Kier alpha value is -3.32. The summed E-state index contributed by atoms with van der Waals surface area (Å²) < 4.78 is 5.46. The summed E-state index contributed by atoms with van der Waals surface area (Å²) in [6.45, 7) is 0.938. The second kappa shape index (κ2) is 9.25. The van der Waals surface area contributed by atoms with Crippen LogP contribution in [-0.2, 0) is 18.8 Å². The Kier molecular flexibility index (Phi) is 6.07. The summed E-state index contributed by atoms with van der Waals surface area (Å²) in [5.74, 6) is 1.48. The lowest BCUT2D eigenvalue weighted by atomic mass is 10.1. The molecule has 1 N–H and O–H groups in total. The highest BCUT2D eigenvalue weighted by Gasteiger charge is 2.18. The zero-order valence-corrected chi connectivity index (χ0v) is 16.5. The SMILES string of the molecule is O=C(c1ccc(CSc2ncn[nH]2)cc1)N(Cc1ccccc1)Cc1ccco1. The number of rotatable bonds is 8. The third-order valence-corrected chi connectivity index (χ3v) is 5.35. The molecule has 0 aliphatic heterocycles. The molecule has 0 aliphatic carbocycles. The minimum Gasteiger partial charge on any atom is -0.467 e. The van der Waals surface area contributed by atoms with Gasteiger partial charge in [0.05, 0.1) is 12.8 Å². The molecule has 7 heteroatoms. The lowest BCUT2D eigenvalue weighted by Crippen LogP contribution is -2.30. The molecule has 146 valence electrons. The van der Waals surface area contributed by atoms with E-state index in [0.717, 1.165) is 27.8 Å². The van der Waals surface area contributed by atoms with E-state index in [4.69, 9.17) is 4.42 Å². The maximum absolute atomic E-state index is 13.2. The molecule has 2 aromatic carbocycles. The third kappa shape index (κ3) is 5.14. The van der Waals surface area contributed by atoms with Gasteiger partial charge in [0.1, 0.15) is 12.1 Å². The molecular formula is C22H20N4O2S. The van der Waals surface area contributed by atoms with Gasteiger partial charge >= 0.3 is 0 Å². The number of nitrogens with zero attached hydrogens (tertiary/aromatic N) is 3. The Bertz CT molecular complexity index is 1020. The number of nitrogens with one attached hydrogen (secondary N) is 1. The standard InChI is InChI=1S/C22H20N4O2S/c27-21(19-10-8-18(9-11-19)15-29-22-23-16-24-25-22)26(14-20-7-4-12-28-20)13-17-5-2-1-3-6-17/h1-12,16H,13-15H2,(H,23,24,25). The highest BCUT2D eigenvalue weighted by atomic mass is 32.2. The zero-order chi connectivity index (χ0) is 19.9. The van der Waals surface area contributed by atoms with Crippen molar-refractivity contribution in [3.8, 4) is 0 Å². The number of hydrogen-bond acceptors (Lipinski definition) is 5. The van der Waals surface area contributed by atoms with Crippen molar-refractivity contribution < 1.29 is 9.21 Å². The second-order valence-electron chi connectivity index (χ2n) is 6.50. The van der Waals surface area contributed by atoms with Gasteiger partial charge in [-0.25, -0.2) is 4.98 Å². The molecule has 0 unspecified atom stereocenters. The van der Waals surface area contributed by atoms with Crippen molar-refractivity contribution in [3.63, 3.8) is 0 Å². The maximum atomic E-state index is 13.2. The Morgan fingerprint density at radius 1 is 0.966 bits per heavy atom. The van der Waals surface area contributed by atoms with Crippen molar-refractivity contribution in [1.82, 2.24) is 20.1 Å². The van der Waals surface area contributed by atoms with Crippen LogP contribution in [0.2, 0.25) is 0 Å². The van der Waals surface area contributed by atoms with E-state index in [1.807, 2.05) is 66.7 Å². The fourth-order valence-corrected chi connectivity index (χ4v) is 3.67. The van der Waals surface area contributed by atoms with Crippen LogP contribution >= 0.6 is 11.8 Å². The number of aromatic nitrogens is 3. The predicted molar refractivity (Wildman–Crippen MR) is 111 cm³/mol. The molecule has 6 nitrogen and oxygen atoms in total. The molecule has 4 aromatic rings. The van der Waals surface area contributed by atoms with E-state index in [0.29, 0.717) is 18.7 Å². The van der Waals surface area contributed by atoms with Crippen LogP contribution in [0.3, 0.4) is 0 Å². The molecule has 2 heterocycles. The molecule has 4 rings (SSSR count). The Labute approximate surface area is 173 Å². The molecule has 0 fully saturated rings. The average molecular weight is 404 g/mol. The molecule has 29 heavy (non-hydrogen) atoms. The Balaban J connectivity index is 1.47. The predicted octanol–water partition coefficient (Wildman–Crippen LogP) is 4.53. The Morgan fingerprint density at radius 3 is 2.48 bits per heavy atom. The fourth-order valence-electron chi connectivity index (χ4n) is 2.94. The molecule has 0 bridgehead atoms. The van der Waals surface area contributed by atoms with Crippen LogP contribution < -0.4 is 0 Å². The maximum Gasteiger partial charge on any atom is 0.254 e. The number of amides is 1. The van der Waals surface area contributed by atoms with Gasteiger partial charge in [-0.3, -0.25) is 9.89 Å². The van der Waals surface area contributed by atoms with Crippen molar-refractivity contribution in [3.05, 3.63) is 102 Å². The molecule has 1 amide bonds. The molecule has 0 saturated carbocycles. The van der Waals surface area contributed by atoms with Crippen LogP contribution in [0.25, 0.3) is 0 Å². The Morgan fingerprint density at radius 2 is 1.79 bits per heavy atom. The highest BCUT2D eigenvalue weighted by Crippen LogP contribution is 2.20. The average Bonchev–Trinajstić information content (AvgIpc) is 3.47. The van der Waals surface area contributed by atoms with Crippen molar-refractivity contribution >= 4 is 17.7 Å². The lowest BCUT2D eigenvalue weighted by Gasteiger charge is -2.22. The number of thioether (sulfide) groups is 1. The van der Waals surface area contributed by atoms with Gasteiger partial charge < -0.3 is 9.32 Å². The van der Waals surface area contributed by atoms with Gasteiger partial charge in [0.2, 0.25) is 0 Å². The van der Waals surface area contributed by atoms with Crippen LogP contribution in [0.5, 0.6) is 0 Å². The van der Waals surface area contributed by atoms with E-state index in [2.05, 4.69) is 15.2 Å². The summed E-state index contributed by atoms with van der Waals surface area (Å²) in [7, 11) is 0. The summed E-state index contributed by atoms with van der Waals surface area (Å²) >= 11 is 1.57. The summed E-state index contributed by atoms with van der Waals surface area (Å²) in [5, 5.41) is 7.45. The molecule has 0 saturated heterocycles. The van der Waals surface area contributed by atoms with E-state index in [1.165, 1.54) is 6.33 Å². The number of aromatic amines is 1. The number of carbonyl (C=O) groups is 1. The van der Waals surface area contributed by atoms with Gasteiger partial charge in [0.15, 0.2) is 5.16 Å². The van der Waals surface area contributed by atoms with Gasteiger partial charge in [-0.05, 0) is 35.4 Å². The van der Waals surface area contributed by atoms with Crippen molar-refractivity contribution in [2.75, 3.05) is 0 Å². The first-order chi connectivity index (χ1) is 14.3. The largest absolute Gasteiger partial charge is 0.467 e. The van der Waals surface area contributed by atoms with Crippen LogP contribution in [-0.4, -0.2) is 26.0 Å². The zero-order valence-electron chi connectivity index (χ0n) is 15.7. The number of hydrogen-bond donors (Lipinski definition) is 1. The lowest BCUT2D eigenvalue weighted by molar-refractivity contribution is 0.0717. The van der Waals surface area contributed by atoms with E-state index in [-0.39, 0.29) is 5.91 Å². The van der Waals surface area contributed by atoms with Crippen molar-refractivity contribution in [2.24, 2.45) is 0 Å². The van der Waals surface area contributed by atoms with Gasteiger partial charge in [-0.15, -0.1) is 0 Å². The molecule has 0 aliphatic rings. The second-order valence-corrected chi connectivity index (χ2v) is 7.47. The van der Waals surface area contributed by atoms with E-state index in [9.17, 15) is 4.79 Å². The van der Waals surface area contributed by atoms with Crippen LogP contribution in [0, 0.1) is 0 Å². The highest BCUT2D eigenvalue weighted by molar-refractivity contribution is 7.98. The normalized spacial score (nSPS) is 10.8. The number of furan rings is 1. The summed E-state index contributed by atoms with van der Waals surface area (Å²) in [6, 6.07) is 21.4. The third-order valence-electron chi connectivity index (χ3n) is 4.40. The molecule has 0 radical (unpaired) electrons. The van der Waals surface area contributed by atoms with E-state index >= 15 is 0 Å². The first-order valence-corrected chi connectivity index (χ1v) is 10.2. The molecule has 2 aromatic heterocycles. The number of H-pyrrole nitrogens is 1. The monoisotopic (exact) mass is 404 g/mol. The quantitative estimate of drug-likeness (QED) is 0.437. The number of benzene rings is 2. The van der Waals surface area contributed by atoms with Gasteiger partial charge in [-0.2, -0.15) is 5.10 Å². The summed E-state index contributed by atoms with van der Waals surface area (Å²) in [6.07, 6.45) is 3.12. The van der Waals surface area contributed by atoms with Gasteiger partial charge in [0, 0.05) is 17.9 Å².